The molecule has 0 radical (unpaired) electrons. The minimum Gasteiger partial charge on any atom is -0.493 e. The molecule has 2 amide bonds. The second-order valence-corrected chi connectivity index (χ2v) is 6.97. The summed E-state index contributed by atoms with van der Waals surface area (Å²) in [5.41, 5.74) is 1.42. The Balaban J connectivity index is 1.96. The summed E-state index contributed by atoms with van der Waals surface area (Å²) in [6.45, 7) is 6.71. The number of halogens is 1. The third kappa shape index (κ3) is 4.06. The topological polar surface area (TPSA) is 58.6 Å². The molecular formula is C22H23FN2O3. The Morgan fingerprint density at radius 3 is 2.39 bits per heavy atom. The molecule has 0 saturated carbocycles. The molecule has 146 valence electrons. The van der Waals surface area contributed by atoms with Crippen molar-refractivity contribution in [3.63, 3.8) is 0 Å². The minimum atomic E-state index is -0.428. The summed E-state index contributed by atoms with van der Waals surface area (Å²) < 4.78 is 19.2. The lowest BCUT2D eigenvalue weighted by Crippen LogP contribution is -2.32. The molecule has 0 bridgehead atoms. The molecule has 3 rings (SSSR count). The number of rotatable bonds is 7. The van der Waals surface area contributed by atoms with Crippen LogP contribution in [-0.4, -0.2) is 29.9 Å². The van der Waals surface area contributed by atoms with Gasteiger partial charge in [0.15, 0.2) is 0 Å². The van der Waals surface area contributed by atoms with Gasteiger partial charge < -0.3 is 10.1 Å². The molecule has 1 aliphatic rings. The van der Waals surface area contributed by atoms with Crippen LogP contribution in [0.1, 0.15) is 26.3 Å². The maximum absolute atomic E-state index is 13.5. The Kier molecular flexibility index (Phi) is 5.78. The van der Waals surface area contributed by atoms with E-state index in [0.29, 0.717) is 29.5 Å². The van der Waals surface area contributed by atoms with Crippen molar-refractivity contribution in [3.05, 3.63) is 65.6 Å². The van der Waals surface area contributed by atoms with Gasteiger partial charge in [-0.2, -0.15) is 0 Å². The Labute approximate surface area is 163 Å². The van der Waals surface area contributed by atoms with Crippen LogP contribution in [-0.2, 0) is 9.59 Å². The average molecular weight is 382 g/mol. The average Bonchev–Trinajstić information content (AvgIpc) is 2.90. The molecule has 28 heavy (non-hydrogen) atoms. The van der Waals surface area contributed by atoms with E-state index in [1.54, 1.807) is 37.3 Å². The molecule has 0 saturated heterocycles. The van der Waals surface area contributed by atoms with E-state index in [2.05, 4.69) is 19.2 Å². The first-order valence-corrected chi connectivity index (χ1v) is 9.27. The van der Waals surface area contributed by atoms with Gasteiger partial charge in [-0.15, -0.1) is 0 Å². The van der Waals surface area contributed by atoms with Gasteiger partial charge >= 0.3 is 0 Å². The molecular weight excluding hydrogens is 359 g/mol. The molecule has 1 heterocycles. The Bertz CT molecular complexity index is 920. The largest absolute Gasteiger partial charge is 0.493 e. The maximum Gasteiger partial charge on any atom is 0.278 e. The second kappa shape index (κ2) is 8.25. The fourth-order valence-electron chi connectivity index (χ4n) is 2.94. The smallest absolute Gasteiger partial charge is 0.278 e. The predicted octanol–water partition coefficient (Wildman–Crippen LogP) is 4.07. The first kappa shape index (κ1) is 19.6. The molecule has 0 aliphatic carbocycles. The summed E-state index contributed by atoms with van der Waals surface area (Å²) in [4.78, 5) is 26.7. The zero-order valence-corrected chi connectivity index (χ0v) is 16.2. The van der Waals surface area contributed by atoms with Gasteiger partial charge in [0, 0.05) is 12.2 Å². The van der Waals surface area contributed by atoms with E-state index in [9.17, 15) is 14.0 Å². The fourth-order valence-corrected chi connectivity index (χ4v) is 2.94. The van der Waals surface area contributed by atoms with Crippen molar-refractivity contribution in [2.75, 3.05) is 18.5 Å². The summed E-state index contributed by atoms with van der Waals surface area (Å²) >= 11 is 0. The van der Waals surface area contributed by atoms with E-state index in [0.717, 1.165) is 0 Å². The predicted molar refractivity (Wildman–Crippen MR) is 106 cm³/mol. The SMILES string of the molecule is CCN1C(=O)C(Nc2cccc(F)c2)=C(c2ccc(OCC(C)C)cc2)C1=O. The highest BCUT2D eigenvalue weighted by molar-refractivity contribution is 6.36. The number of anilines is 1. The summed E-state index contributed by atoms with van der Waals surface area (Å²) in [7, 11) is 0. The lowest BCUT2D eigenvalue weighted by atomic mass is 10.0. The van der Waals surface area contributed by atoms with Gasteiger partial charge in [0.25, 0.3) is 11.8 Å². The monoisotopic (exact) mass is 382 g/mol. The standard InChI is InChI=1S/C22H23FN2O3/c1-4-25-21(26)19(15-8-10-18(11-9-15)28-13-14(2)3)20(22(25)27)24-17-7-5-6-16(23)12-17/h5-12,14,24H,4,13H2,1-3H3. The zero-order valence-electron chi connectivity index (χ0n) is 16.2. The second-order valence-electron chi connectivity index (χ2n) is 6.97. The van der Waals surface area contributed by atoms with Crippen LogP contribution in [0.5, 0.6) is 5.75 Å². The van der Waals surface area contributed by atoms with Crippen molar-refractivity contribution in [3.8, 4) is 5.75 Å². The summed E-state index contributed by atoms with van der Waals surface area (Å²) in [6.07, 6.45) is 0. The van der Waals surface area contributed by atoms with Gasteiger partial charge in [0.05, 0.1) is 12.2 Å². The summed E-state index contributed by atoms with van der Waals surface area (Å²) in [5.74, 6) is -0.129. The molecule has 6 heteroatoms. The number of nitrogens with one attached hydrogen (secondary N) is 1. The highest BCUT2D eigenvalue weighted by atomic mass is 19.1. The lowest BCUT2D eigenvalue weighted by Gasteiger charge is -2.12. The van der Waals surface area contributed by atoms with Crippen LogP contribution in [0.15, 0.2) is 54.2 Å². The summed E-state index contributed by atoms with van der Waals surface area (Å²) in [6, 6.07) is 12.8. The number of likely N-dealkylation sites (N-methyl/N-ethyl adjacent to an activating group) is 1. The van der Waals surface area contributed by atoms with E-state index in [-0.39, 0.29) is 23.7 Å². The third-order valence-electron chi connectivity index (χ3n) is 4.30. The number of hydrogen-bond acceptors (Lipinski definition) is 4. The van der Waals surface area contributed by atoms with Crippen molar-refractivity contribution in [1.82, 2.24) is 4.90 Å². The van der Waals surface area contributed by atoms with Crippen LogP contribution in [0.2, 0.25) is 0 Å². The first-order valence-electron chi connectivity index (χ1n) is 9.27. The van der Waals surface area contributed by atoms with E-state index < -0.39 is 11.7 Å². The zero-order chi connectivity index (χ0) is 20.3. The fraction of sp³-hybridized carbons (Fsp3) is 0.273. The van der Waals surface area contributed by atoms with E-state index in [1.165, 1.54) is 23.1 Å². The van der Waals surface area contributed by atoms with Crippen molar-refractivity contribution >= 4 is 23.1 Å². The lowest BCUT2D eigenvalue weighted by molar-refractivity contribution is -0.136. The molecule has 0 spiro atoms. The van der Waals surface area contributed by atoms with Crippen LogP contribution in [0.4, 0.5) is 10.1 Å². The molecule has 0 fully saturated rings. The quantitative estimate of drug-likeness (QED) is 0.734. The number of nitrogens with zero attached hydrogens (tertiary/aromatic N) is 1. The van der Waals surface area contributed by atoms with Gasteiger partial charge in [0.2, 0.25) is 0 Å². The Hall–Kier alpha value is -3.15. The van der Waals surface area contributed by atoms with Crippen LogP contribution >= 0.6 is 0 Å². The van der Waals surface area contributed by atoms with Crippen LogP contribution in [0, 0.1) is 11.7 Å². The van der Waals surface area contributed by atoms with E-state index in [1.807, 2.05) is 0 Å². The molecule has 0 unspecified atom stereocenters. The van der Waals surface area contributed by atoms with Gasteiger partial charge in [-0.1, -0.05) is 32.0 Å². The summed E-state index contributed by atoms with van der Waals surface area (Å²) in [5, 5.41) is 2.93. The molecule has 5 nitrogen and oxygen atoms in total. The number of amides is 2. The number of imide groups is 1. The van der Waals surface area contributed by atoms with Crippen LogP contribution < -0.4 is 10.1 Å². The highest BCUT2D eigenvalue weighted by Gasteiger charge is 2.38. The third-order valence-corrected chi connectivity index (χ3v) is 4.30. The van der Waals surface area contributed by atoms with Gasteiger partial charge in [-0.3, -0.25) is 14.5 Å². The van der Waals surface area contributed by atoms with Crippen LogP contribution in [0.3, 0.4) is 0 Å². The highest BCUT2D eigenvalue weighted by Crippen LogP contribution is 2.31. The van der Waals surface area contributed by atoms with Crippen molar-refractivity contribution in [2.45, 2.75) is 20.8 Å². The molecule has 1 N–H and O–H groups in total. The van der Waals surface area contributed by atoms with Gasteiger partial charge in [-0.25, -0.2) is 4.39 Å². The van der Waals surface area contributed by atoms with Crippen molar-refractivity contribution in [1.29, 1.82) is 0 Å². The van der Waals surface area contributed by atoms with Crippen molar-refractivity contribution in [2.24, 2.45) is 5.92 Å². The normalized spacial score (nSPS) is 14.2. The number of hydrogen-bond donors (Lipinski definition) is 1. The molecule has 2 aromatic rings. The molecule has 0 atom stereocenters. The van der Waals surface area contributed by atoms with E-state index >= 15 is 0 Å². The number of benzene rings is 2. The Morgan fingerprint density at radius 2 is 1.79 bits per heavy atom. The van der Waals surface area contributed by atoms with Gasteiger partial charge in [0.1, 0.15) is 17.3 Å². The molecule has 0 aromatic heterocycles. The van der Waals surface area contributed by atoms with Crippen LogP contribution in [0.25, 0.3) is 5.57 Å². The number of carbonyl (C=O) groups excluding carboxylic acids is 2. The van der Waals surface area contributed by atoms with E-state index in [4.69, 9.17) is 4.74 Å². The first-order chi connectivity index (χ1) is 13.4. The number of carbonyl (C=O) groups is 2. The maximum atomic E-state index is 13.5. The number of ether oxygens (including phenoxy) is 1. The van der Waals surface area contributed by atoms with Crippen molar-refractivity contribution < 1.29 is 18.7 Å². The molecule has 1 aliphatic heterocycles. The Morgan fingerprint density at radius 1 is 1.07 bits per heavy atom. The molecule has 2 aromatic carbocycles. The van der Waals surface area contributed by atoms with Gasteiger partial charge in [-0.05, 0) is 48.7 Å². The minimum absolute atomic E-state index is 0.147.